The average Bonchev–Trinajstić information content (AvgIpc) is 3.06. The average molecular weight is 458 g/mol. The number of hydrogen-bond acceptors (Lipinski definition) is 4. The molecule has 0 unspecified atom stereocenters. The molecule has 0 fully saturated rings. The molecule has 1 aromatic carbocycles. The first-order valence-electron chi connectivity index (χ1n) is 8.47. The van der Waals surface area contributed by atoms with Crippen molar-refractivity contribution in [1.29, 1.82) is 0 Å². The smallest absolute Gasteiger partial charge is 0.258 e. The van der Waals surface area contributed by atoms with Crippen molar-refractivity contribution in [2.24, 2.45) is 0 Å². The minimum Gasteiger partial charge on any atom is -0.383 e. The van der Waals surface area contributed by atoms with E-state index in [1.165, 1.54) is 0 Å². The van der Waals surface area contributed by atoms with Crippen molar-refractivity contribution in [2.75, 3.05) is 25.6 Å². The number of nitrogens with zero attached hydrogens (tertiary/aromatic N) is 2. The summed E-state index contributed by atoms with van der Waals surface area (Å²) in [5.41, 5.74) is 1.88. The van der Waals surface area contributed by atoms with Crippen LogP contribution in [0.2, 0.25) is 10.0 Å². The molecular weight excluding hydrogens is 439 g/mol. The Bertz CT molecular complexity index is 1000. The Morgan fingerprint density at radius 2 is 1.90 bits per heavy atom. The minimum atomic E-state index is -0.439. The lowest BCUT2D eigenvalue weighted by Gasteiger charge is -2.10. The summed E-state index contributed by atoms with van der Waals surface area (Å²) in [4.78, 5) is 29.0. The summed E-state index contributed by atoms with van der Waals surface area (Å²) in [5, 5.41) is 6.06. The van der Waals surface area contributed by atoms with Gasteiger partial charge in [-0.15, -0.1) is 12.4 Å². The lowest BCUT2D eigenvalue weighted by molar-refractivity contribution is -0.120. The van der Waals surface area contributed by atoms with Gasteiger partial charge in [0.05, 0.1) is 40.0 Å². The highest BCUT2D eigenvalue weighted by atomic mass is 35.5. The standard InChI is InChI=1S/C19H18Cl2N4O3.ClH/c1-28-9-7-22-16(26)10-12-11-23-18-15(6-3-8-25(12)18)24-19(27)17-13(20)4-2-5-14(17)21;/h2-6,8,11H,7,9-10H2,1H3,(H,22,26)(H,24,27);1H. The first-order chi connectivity index (χ1) is 13.5. The van der Waals surface area contributed by atoms with Gasteiger partial charge in [-0.25, -0.2) is 4.98 Å². The van der Waals surface area contributed by atoms with Crippen LogP contribution < -0.4 is 10.6 Å². The van der Waals surface area contributed by atoms with Crippen LogP contribution in [0.3, 0.4) is 0 Å². The van der Waals surface area contributed by atoms with Crippen molar-refractivity contribution in [3.8, 4) is 0 Å². The van der Waals surface area contributed by atoms with E-state index in [1.54, 1.807) is 54.2 Å². The molecule has 0 aliphatic carbocycles. The van der Waals surface area contributed by atoms with Crippen LogP contribution in [0.1, 0.15) is 16.1 Å². The van der Waals surface area contributed by atoms with Gasteiger partial charge in [-0.05, 0) is 24.3 Å². The third-order valence-electron chi connectivity index (χ3n) is 4.02. The molecule has 10 heteroatoms. The number of carbonyl (C=O) groups is 2. The maximum Gasteiger partial charge on any atom is 0.258 e. The Morgan fingerprint density at radius 3 is 2.59 bits per heavy atom. The van der Waals surface area contributed by atoms with Gasteiger partial charge < -0.3 is 19.8 Å². The van der Waals surface area contributed by atoms with Crippen LogP contribution >= 0.6 is 35.6 Å². The number of amides is 2. The number of imidazole rings is 1. The number of rotatable bonds is 7. The summed E-state index contributed by atoms with van der Waals surface area (Å²) in [5.74, 6) is -0.582. The zero-order valence-corrected chi connectivity index (χ0v) is 17.8. The zero-order valence-electron chi connectivity index (χ0n) is 15.4. The van der Waals surface area contributed by atoms with Crippen molar-refractivity contribution < 1.29 is 14.3 Å². The maximum atomic E-state index is 12.6. The first kappa shape index (κ1) is 23.0. The molecule has 0 bridgehead atoms. The van der Waals surface area contributed by atoms with E-state index in [4.69, 9.17) is 27.9 Å². The van der Waals surface area contributed by atoms with E-state index in [2.05, 4.69) is 15.6 Å². The van der Waals surface area contributed by atoms with Gasteiger partial charge in [-0.3, -0.25) is 9.59 Å². The van der Waals surface area contributed by atoms with Gasteiger partial charge in [0, 0.05) is 26.0 Å². The molecule has 2 N–H and O–H groups in total. The van der Waals surface area contributed by atoms with Crippen molar-refractivity contribution in [1.82, 2.24) is 14.7 Å². The highest BCUT2D eigenvalue weighted by Crippen LogP contribution is 2.26. The quantitative estimate of drug-likeness (QED) is 0.531. The van der Waals surface area contributed by atoms with Crippen LogP contribution in [0.15, 0.2) is 42.7 Å². The van der Waals surface area contributed by atoms with E-state index in [9.17, 15) is 9.59 Å². The van der Waals surface area contributed by atoms with Gasteiger partial charge in [-0.2, -0.15) is 0 Å². The fraction of sp³-hybridized carbons (Fsp3) is 0.211. The molecule has 0 saturated heterocycles. The zero-order chi connectivity index (χ0) is 20.1. The largest absolute Gasteiger partial charge is 0.383 e. The van der Waals surface area contributed by atoms with E-state index in [1.807, 2.05) is 0 Å². The van der Waals surface area contributed by atoms with Crippen molar-refractivity contribution in [3.63, 3.8) is 0 Å². The molecule has 0 aliphatic rings. The summed E-state index contributed by atoms with van der Waals surface area (Å²) < 4.78 is 6.66. The molecule has 0 atom stereocenters. The van der Waals surface area contributed by atoms with Gasteiger partial charge in [-0.1, -0.05) is 29.3 Å². The number of pyridine rings is 1. The first-order valence-corrected chi connectivity index (χ1v) is 9.22. The molecule has 2 heterocycles. The normalized spacial score (nSPS) is 10.4. The Morgan fingerprint density at radius 1 is 1.17 bits per heavy atom. The molecule has 0 spiro atoms. The molecule has 0 aliphatic heterocycles. The Kier molecular flexibility index (Phi) is 8.28. The predicted octanol–water partition coefficient (Wildman–Crippen LogP) is 3.62. The number of methoxy groups -OCH3 is 1. The van der Waals surface area contributed by atoms with Crippen LogP contribution in [-0.2, 0) is 16.0 Å². The maximum absolute atomic E-state index is 12.6. The van der Waals surface area contributed by atoms with Crippen molar-refractivity contribution >= 4 is 58.8 Å². The van der Waals surface area contributed by atoms with E-state index in [-0.39, 0.29) is 40.3 Å². The summed E-state index contributed by atoms with van der Waals surface area (Å²) in [6.45, 7) is 0.881. The molecule has 0 radical (unpaired) electrons. The van der Waals surface area contributed by atoms with Gasteiger partial charge in [0.2, 0.25) is 5.91 Å². The Labute approximate surface area is 183 Å². The number of fused-ring (bicyclic) bond motifs is 1. The van der Waals surface area contributed by atoms with Crippen LogP contribution in [0.4, 0.5) is 5.69 Å². The summed E-state index contributed by atoms with van der Waals surface area (Å²) in [6.07, 6.45) is 3.53. The van der Waals surface area contributed by atoms with E-state index < -0.39 is 5.91 Å². The van der Waals surface area contributed by atoms with Crippen molar-refractivity contribution in [3.05, 3.63) is 64.0 Å². The third kappa shape index (κ3) is 5.39. The molecule has 2 amide bonds. The van der Waals surface area contributed by atoms with Crippen LogP contribution in [0.25, 0.3) is 5.65 Å². The number of aromatic nitrogens is 2. The predicted molar refractivity (Wildman–Crippen MR) is 115 cm³/mol. The third-order valence-corrected chi connectivity index (χ3v) is 4.65. The summed E-state index contributed by atoms with van der Waals surface area (Å²) in [7, 11) is 1.57. The van der Waals surface area contributed by atoms with E-state index >= 15 is 0 Å². The lowest BCUT2D eigenvalue weighted by atomic mass is 10.2. The lowest BCUT2D eigenvalue weighted by Crippen LogP contribution is -2.28. The molecule has 0 saturated carbocycles. The number of hydrogen-bond donors (Lipinski definition) is 2. The van der Waals surface area contributed by atoms with Gasteiger partial charge in [0.1, 0.15) is 0 Å². The number of ether oxygens (including phenoxy) is 1. The molecule has 154 valence electrons. The van der Waals surface area contributed by atoms with Crippen molar-refractivity contribution in [2.45, 2.75) is 6.42 Å². The van der Waals surface area contributed by atoms with E-state index in [0.29, 0.717) is 30.2 Å². The second-order valence-corrected chi connectivity index (χ2v) is 6.75. The SMILES string of the molecule is COCCNC(=O)Cc1cnc2c(NC(=O)c3c(Cl)cccc3Cl)cccn12.Cl. The Balaban J connectivity index is 0.00000300. The molecular formula is C19H19Cl3N4O3. The van der Waals surface area contributed by atoms with E-state index in [0.717, 1.165) is 0 Å². The Hall–Kier alpha value is -2.32. The number of halogens is 3. The van der Waals surface area contributed by atoms with Gasteiger partial charge in [0.15, 0.2) is 5.65 Å². The minimum absolute atomic E-state index is 0. The second-order valence-electron chi connectivity index (χ2n) is 5.94. The fourth-order valence-electron chi connectivity index (χ4n) is 2.71. The number of carbonyl (C=O) groups excluding carboxylic acids is 2. The monoisotopic (exact) mass is 456 g/mol. The number of nitrogens with one attached hydrogen (secondary N) is 2. The summed E-state index contributed by atoms with van der Waals surface area (Å²) >= 11 is 12.2. The molecule has 7 nitrogen and oxygen atoms in total. The molecule has 29 heavy (non-hydrogen) atoms. The van der Waals surface area contributed by atoms with Gasteiger partial charge in [0.25, 0.3) is 5.91 Å². The highest BCUT2D eigenvalue weighted by Gasteiger charge is 2.17. The van der Waals surface area contributed by atoms with Crippen LogP contribution in [0.5, 0.6) is 0 Å². The molecule has 3 aromatic rings. The topological polar surface area (TPSA) is 84.7 Å². The van der Waals surface area contributed by atoms with Gasteiger partial charge >= 0.3 is 0 Å². The fourth-order valence-corrected chi connectivity index (χ4v) is 3.28. The number of benzene rings is 1. The second kappa shape index (κ2) is 10.5. The molecule has 2 aromatic heterocycles. The number of anilines is 1. The van der Waals surface area contributed by atoms with Crippen LogP contribution in [0, 0.1) is 0 Å². The highest BCUT2D eigenvalue weighted by molar-refractivity contribution is 6.40. The summed E-state index contributed by atoms with van der Waals surface area (Å²) in [6, 6.07) is 8.33. The van der Waals surface area contributed by atoms with Crippen LogP contribution in [-0.4, -0.2) is 41.5 Å². The molecule has 3 rings (SSSR count).